The molecule has 0 spiro atoms. The van der Waals surface area contributed by atoms with Crippen LogP contribution in [0.2, 0.25) is 5.02 Å². The van der Waals surface area contributed by atoms with E-state index in [9.17, 15) is 14.7 Å². The molecule has 0 saturated carbocycles. The summed E-state index contributed by atoms with van der Waals surface area (Å²) in [5.74, 6) is -0.809. The first kappa shape index (κ1) is 33.0. The highest BCUT2D eigenvalue weighted by Crippen LogP contribution is 2.38. The van der Waals surface area contributed by atoms with Crippen molar-refractivity contribution in [3.63, 3.8) is 0 Å². The van der Waals surface area contributed by atoms with Gasteiger partial charge in [-0.25, -0.2) is 5.01 Å². The monoisotopic (exact) mass is 718 g/mol. The molecule has 2 atom stereocenters. The molecule has 0 saturated heterocycles. The largest absolute Gasteiger partial charge is 0.506 e. The van der Waals surface area contributed by atoms with Crippen LogP contribution >= 0.6 is 34.5 Å². The van der Waals surface area contributed by atoms with Crippen LogP contribution in [0, 0.1) is 5.41 Å². The number of anilines is 1. The lowest BCUT2D eigenvalue weighted by Crippen LogP contribution is -2.37. The molecule has 0 radical (unpaired) electrons. The minimum atomic E-state index is -1.04. The number of carbonyl (C=O) groups is 1. The number of amides is 1. The molecule has 15 nitrogen and oxygen atoms in total. The molecule has 1 amide bonds. The van der Waals surface area contributed by atoms with Crippen molar-refractivity contribution in [3.8, 4) is 16.9 Å². The number of nitrogens with one attached hydrogen (secondary N) is 2. The Bertz CT molecular complexity index is 1630. The fourth-order valence-corrected chi connectivity index (χ4v) is 4.90. The Morgan fingerprint density at radius 1 is 1.33 bits per heavy atom. The van der Waals surface area contributed by atoms with Gasteiger partial charge in [-0.05, 0) is 53.9 Å². The Morgan fingerprint density at radius 2 is 2.09 bits per heavy atom. The van der Waals surface area contributed by atoms with Gasteiger partial charge in [0.2, 0.25) is 5.91 Å². The first-order chi connectivity index (χ1) is 20.6. The highest BCUT2D eigenvalue weighted by molar-refractivity contribution is 14.1. The quantitative estimate of drug-likeness (QED) is 0.0237. The number of hydrogen-bond acceptors (Lipinski definition) is 7. The van der Waals surface area contributed by atoms with Crippen molar-refractivity contribution in [1.29, 1.82) is 5.41 Å². The van der Waals surface area contributed by atoms with Crippen LogP contribution in [0.15, 0.2) is 81.3 Å². The Kier molecular flexibility index (Phi) is 12.0. The molecule has 2 unspecified atom stereocenters. The fraction of sp³-hybridized carbons (Fsp3) is 0.269. The Hall–Kier alpha value is -4.47. The van der Waals surface area contributed by atoms with Crippen LogP contribution in [0.1, 0.15) is 25.3 Å². The van der Waals surface area contributed by atoms with Crippen LogP contribution in [-0.4, -0.2) is 46.6 Å². The first-order valence-electron chi connectivity index (χ1n) is 12.8. The molecule has 17 heteroatoms. The van der Waals surface area contributed by atoms with Gasteiger partial charge in [0, 0.05) is 44.9 Å². The predicted octanol–water partition coefficient (Wildman–Crippen LogP) is 5.60. The summed E-state index contributed by atoms with van der Waals surface area (Å²) in [7, 11) is 1.54. The maximum atomic E-state index is 13.6. The van der Waals surface area contributed by atoms with Crippen molar-refractivity contribution in [2.24, 2.45) is 16.1 Å². The normalized spacial score (nSPS) is 15.5. The van der Waals surface area contributed by atoms with E-state index >= 15 is 0 Å². The maximum absolute atomic E-state index is 13.6. The van der Waals surface area contributed by atoms with Gasteiger partial charge in [-0.1, -0.05) is 29.2 Å². The number of benzene rings is 1. The summed E-state index contributed by atoms with van der Waals surface area (Å²) >= 11 is 8.10. The minimum absolute atomic E-state index is 0.176. The fourth-order valence-electron chi connectivity index (χ4n) is 4.31. The van der Waals surface area contributed by atoms with Gasteiger partial charge in [0.15, 0.2) is 0 Å². The molecule has 0 aliphatic heterocycles. The van der Waals surface area contributed by atoms with Crippen molar-refractivity contribution in [3.05, 3.63) is 102 Å². The summed E-state index contributed by atoms with van der Waals surface area (Å²) in [6.07, 6.45) is 9.79. The number of carbonyl (C=O) groups excluding carboxylic acids is 1. The van der Waals surface area contributed by atoms with Gasteiger partial charge >= 0.3 is 0 Å². The molecule has 1 aliphatic carbocycles. The number of aromatic nitrogens is 1. The SMILES string of the molecule is CN(/C=C1/C=C(NC(=O)C(CCCCN=[N+]=[N-])n2cc(O)c(-c3cc(Cl)ccc3N(I)C=N)cc2=O)C=CC1N)N=[N+]=[N-]. The summed E-state index contributed by atoms with van der Waals surface area (Å²) in [5, 5.41) is 30.1. The number of nitrogens with two attached hydrogens (primary N) is 1. The van der Waals surface area contributed by atoms with Crippen LogP contribution < -0.4 is 19.7 Å². The molecule has 0 bridgehead atoms. The maximum Gasteiger partial charge on any atom is 0.252 e. The van der Waals surface area contributed by atoms with E-state index in [-0.39, 0.29) is 24.3 Å². The summed E-state index contributed by atoms with van der Waals surface area (Å²) in [6.45, 7) is 0.222. The van der Waals surface area contributed by atoms with Crippen LogP contribution in [0.25, 0.3) is 32.0 Å². The molecule has 43 heavy (non-hydrogen) atoms. The molecular weight excluding hydrogens is 691 g/mol. The van der Waals surface area contributed by atoms with Crippen molar-refractivity contribution < 1.29 is 9.90 Å². The zero-order valence-electron chi connectivity index (χ0n) is 22.9. The second-order valence-electron chi connectivity index (χ2n) is 9.24. The Morgan fingerprint density at radius 3 is 2.79 bits per heavy atom. The van der Waals surface area contributed by atoms with E-state index in [1.54, 1.807) is 36.4 Å². The van der Waals surface area contributed by atoms with Crippen LogP contribution in [-0.2, 0) is 4.79 Å². The number of unbranched alkanes of at least 4 members (excludes halogenated alkanes) is 1. The van der Waals surface area contributed by atoms with Crippen molar-refractivity contribution in [2.45, 2.75) is 31.3 Å². The van der Waals surface area contributed by atoms with E-state index in [1.807, 2.05) is 22.9 Å². The van der Waals surface area contributed by atoms with Crippen LogP contribution in [0.4, 0.5) is 5.69 Å². The number of hydrogen-bond donors (Lipinski definition) is 4. The number of nitrogens with zero attached hydrogens (tertiary/aromatic N) is 9. The number of rotatable bonds is 13. The highest BCUT2D eigenvalue weighted by Gasteiger charge is 2.25. The molecule has 1 aromatic heterocycles. The number of allylic oxidation sites excluding steroid dienone is 1. The van der Waals surface area contributed by atoms with Gasteiger partial charge in [-0.3, -0.25) is 22.7 Å². The highest BCUT2D eigenvalue weighted by atomic mass is 127. The third-order valence-corrected chi connectivity index (χ3v) is 7.35. The zero-order valence-corrected chi connectivity index (χ0v) is 25.8. The second-order valence-corrected chi connectivity index (χ2v) is 10.7. The van der Waals surface area contributed by atoms with Gasteiger partial charge < -0.3 is 16.2 Å². The topological polar surface area (TPSA) is 225 Å². The third kappa shape index (κ3) is 8.76. The minimum Gasteiger partial charge on any atom is -0.506 e. The van der Waals surface area contributed by atoms with E-state index in [1.165, 1.54) is 33.6 Å². The summed E-state index contributed by atoms with van der Waals surface area (Å²) in [6, 6.07) is 4.52. The summed E-state index contributed by atoms with van der Waals surface area (Å²) < 4.78 is 2.62. The number of pyridine rings is 1. The zero-order chi connectivity index (χ0) is 31.5. The lowest BCUT2D eigenvalue weighted by molar-refractivity contribution is -0.123. The average Bonchev–Trinajstić information content (AvgIpc) is 2.97. The Labute approximate surface area is 265 Å². The van der Waals surface area contributed by atoms with Gasteiger partial charge in [0.05, 0.1) is 60.4 Å². The van der Waals surface area contributed by atoms with Gasteiger partial charge in [-0.2, -0.15) is 4.91 Å². The molecule has 5 N–H and O–H groups in total. The standard InChI is InChI=1S/C26H28ClIN12O3/c1-38(37-36-32)13-16-10-18(6-7-21(16)30)34-26(43)23(4-2-3-9-33-35-31)39-14-24(41)20(12-25(39)42)19-11-17(27)5-8-22(19)40(28)15-29/h5-8,10-15,21,23,29,41H,2-4,9,30H2,1H3,(H,34,43)/b16-13-,29-15?. The molecule has 0 fully saturated rings. The van der Waals surface area contributed by atoms with E-state index in [4.69, 9.17) is 33.8 Å². The van der Waals surface area contributed by atoms with E-state index in [0.29, 0.717) is 40.4 Å². The molecule has 224 valence electrons. The number of aromatic hydroxyl groups is 1. The molecule has 3 rings (SSSR count). The van der Waals surface area contributed by atoms with Crippen molar-refractivity contribution in [1.82, 2.24) is 14.9 Å². The van der Waals surface area contributed by atoms with Gasteiger partial charge in [0.1, 0.15) is 11.8 Å². The molecule has 2 aromatic rings. The summed E-state index contributed by atoms with van der Waals surface area (Å²) in [4.78, 5) is 32.5. The second kappa shape index (κ2) is 15.7. The van der Waals surface area contributed by atoms with Crippen LogP contribution in [0.3, 0.4) is 0 Å². The van der Waals surface area contributed by atoms with Crippen molar-refractivity contribution >= 4 is 52.4 Å². The molecule has 1 heterocycles. The third-order valence-electron chi connectivity index (χ3n) is 6.31. The summed E-state index contributed by atoms with van der Waals surface area (Å²) in [5.41, 5.74) is 24.8. The predicted molar refractivity (Wildman–Crippen MR) is 173 cm³/mol. The van der Waals surface area contributed by atoms with Gasteiger partial charge in [0.25, 0.3) is 5.56 Å². The lowest BCUT2D eigenvalue weighted by Gasteiger charge is -2.23. The molecule has 1 aromatic carbocycles. The van der Waals surface area contributed by atoms with Gasteiger partial charge in [-0.15, -0.1) is 5.53 Å². The van der Waals surface area contributed by atoms with E-state index in [0.717, 1.165) is 10.9 Å². The molecular formula is C26H28ClIN12O3. The van der Waals surface area contributed by atoms with Crippen LogP contribution in [0.5, 0.6) is 5.75 Å². The smallest absolute Gasteiger partial charge is 0.252 e. The Balaban J connectivity index is 2.00. The number of azide groups is 2. The number of halogens is 2. The molecule has 1 aliphatic rings. The van der Waals surface area contributed by atoms with E-state index in [2.05, 4.69) is 25.5 Å². The first-order valence-corrected chi connectivity index (χ1v) is 14.1. The average molecular weight is 719 g/mol. The van der Waals surface area contributed by atoms with Crippen molar-refractivity contribution in [2.75, 3.05) is 16.7 Å². The van der Waals surface area contributed by atoms with E-state index < -0.39 is 23.6 Å². The lowest BCUT2D eigenvalue weighted by atomic mass is 10.0.